The first kappa shape index (κ1) is 12.3. The topological polar surface area (TPSA) is 98.3 Å². The highest BCUT2D eigenvalue weighted by atomic mass is 79.9. The van der Waals surface area contributed by atoms with Crippen molar-refractivity contribution in [1.29, 1.82) is 0 Å². The Hall–Kier alpha value is -2.15. The molecule has 0 atom stereocenters. The Morgan fingerprint density at radius 2 is 2.22 bits per heavy atom. The third-order valence-electron chi connectivity index (χ3n) is 2.08. The summed E-state index contributed by atoms with van der Waals surface area (Å²) in [7, 11) is 0. The molecule has 0 radical (unpaired) electrons. The number of nitrogen functional groups attached to an aromatic ring is 1. The number of carbonyl (C=O) groups is 1. The van der Waals surface area contributed by atoms with Gasteiger partial charge in [-0.1, -0.05) is 0 Å². The average molecular weight is 310 g/mol. The number of hydrogen-bond donors (Lipinski definition) is 2. The summed E-state index contributed by atoms with van der Waals surface area (Å²) in [6.07, 6.45) is 4.39. The van der Waals surface area contributed by atoms with Crippen molar-refractivity contribution in [1.82, 2.24) is 9.97 Å². The molecule has 2 aromatic heterocycles. The molecule has 2 heterocycles. The lowest BCUT2D eigenvalue weighted by atomic mass is 10.2. The van der Waals surface area contributed by atoms with Crippen LogP contribution in [0.25, 0.3) is 0 Å². The zero-order chi connectivity index (χ0) is 13.1. The van der Waals surface area contributed by atoms with Gasteiger partial charge in [-0.15, -0.1) is 0 Å². The molecule has 92 valence electrons. The summed E-state index contributed by atoms with van der Waals surface area (Å²) >= 11 is 3.24. The lowest BCUT2D eigenvalue weighted by molar-refractivity contribution is 0.0697. The minimum atomic E-state index is -1.13. The molecular formula is C11H8BrN3O3. The van der Waals surface area contributed by atoms with E-state index in [0.29, 0.717) is 5.75 Å². The van der Waals surface area contributed by atoms with Crippen molar-refractivity contribution in [3.63, 3.8) is 0 Å². The van der Waals surface area contributed by atoms with Gasteiger partial charge in [0.05, 0.1) is 11.8 Å². The highest BCUT2D eigenvalue weighted by Gasteiger charge is 2.14. The van der Waals surface area contributed by atoms with Gasteiger partial charge >= 0.3 is 5.97 Å². The van der Waals surface area contributed by atoms with Gasteiger partial charge in [0.15, 0.2) is 0 Å². The van der Waals surface area contributed by atoms with E-state index in [0.717, 1.165) is 4.47 Å². The lowest BCUT2D eigenvalue weighted by Gasteiger charge is -2.08. The molecule has 6 nitrogen and oxygen atoms in total. The van der Waals surface area contributed by atoms with Gasteiger partial charge in [-0.2, -0.15) is 0 Å². The Kier molecular flexibility index (Phi) is 3.42. The third-order valence-corrected chi connectivity index (χ3v) is 2.51. The Morgan fingerprint density at radius 3 is 2.89 bits per heavy atom. The van der Waals surface area contributed by atoms with Crippen LogP contribution in [0.15, 0.2) is 35.2 Å². The van der Waals surface area contributed by atoms with E-state index in [4.69, 9.17) is 15.6 Å². The molecule has 0 bridgehead atoms. The van der Waals surface area contributed by atoms with Crippen molar-refractivity contribution in [3.8, 4) is 11.6 Å². The number of carboxylic acids is 1. The van der Waals surface area contributed by atoms with Crippen LogP contribution in [-0.4, -0.2) is 21.0 Å². The molecule has 0 unspecified atom stereocenters. The van der Waals surface area contributed by atoms with Gasteiger partial charge in [-0.05, 0) is 28.1 Å². The Morgan fingerprint density at radius 1 is 1.44 bits per heavy atom. The number of aromatic carboxylic acids is 1. The summed E-state index contributed by atoms with van der Waals surface area (Å²) in [6.45, 7) is 0. The molecule has 0 saturated carbocycles. The van der Waals surface area contributed by atoms with Gasteiger partial charge in [-0.3, -0.25) is 4.98 Å². The van der Waals surface area contributed by atoms with E-state index in [1.807, 2.05) is 0 Å². The zero-order valence-electron chi connectivity index (χ0n) is 9.00. The fraction of sp³-hybridized carbons (Fsp3) is 0. The van der Waals surface area contributed by atoms with Crippen LogP contribution in [0.3, 0.4) is 0 Å². The highest BCUT2D eigenvalue weighted by molar-refractivity contribution is 9.10. The predicted octanol–water partition coefficient (Wildman–Crippen LogP) is 2.31. The van der Waals surface area contributed by atoms with Crippen molar-refractivity contribution in [2.24, 2.45) is 0 Å². The van der Waals surface area contributed by atoms with Crippen molar-refractivity contribution in [2.75, 3.05) is 5.73 Å². The number of halogens is 1. The van der Waals surface area contributed by atoms with E-state index in [-0.39, 0.29) is 17.1 Å². The molecule has 3 N–H and O–H groups in total. The maximum atomic E-state index is 10.9. The minimum Gasteiger partial charge on any atom is -0.478 e. The second kappa shape index (κ2) is 5.01. The number of aromatic nitrogens is 2. The molecule has 0 aliphatic carbocycles. The number of carboxylic acid groups (broad SMARTS) is 1. The maximum absolute atomic E-state index is 10.9. The zero-order valence-corrected chi connectivity index (χ0v) is 10.6. The van der Waals surface area contributed by atoms with Crippen LogP contribution in [0, 0.1) is 0 Å². The molecule has 18 heavy (non-hydrogen) atoms. The fourth-order valence-electron chi connectivity index (χ4n) is 1.28. The van der Waals surface area contributed by atoms with Crippen molar-refractivity contribution >= 4 is 27.6 Å². The molecule has 0 aliphatic rings. The number of hydrogen-bond acceptors (Lipinski definition) is 5. The van der Waals surface area contributed by atoms with Gasteiger partial charge in [0.2, 0.25) is 5.88 Å². The molecule has 0 spiro atoms. The molecule has 0 saturated heterocycles. The quantitative estimate of drug-likeness (QED) is 0.902. The highest BCUT2D eigenvalue weighted by Crippen LogP contribution is 2.28. The van der Waals surface area contributed by atoms with Crippen LogP contribution in [-0.2, 0) is 0 Å². The van der Waals surface area contributed by atoms with Gasteiger partial charge in [0, 0.05) is 16.9 Å². The van der Waals surface area contributed by atoms with E-state index in [9.17, 15) is 4.79 Å². The van der Waals surface area contributed by atoms with Crippen molar-refractivity contribution in [3.05, 3.63) is 40.8 Å². The fourth-order valence-corrected chi connectivity index (χ4v) is 1.63. The van der Waals surface area contributed by atoms with E-state index in [1.54, 1.807) is 12.3 Å². The SMILES string of the molecule is Nc1c(C(=O)O)ccnc1Oc1cncc(Br)c1. The lowest BCUT2D eigenvalue weighted by Crippen LogP contribution is -2.05. The first-order chi connectivity index (χ1) is 8.58. The smallest absolute Gasteiger partial charge is 0.338 e. The van der Waals surface area contributed by atoms with Crippen LogP contribution in [0.2, 0.25) is 0 Å². The third kappa shape index (κ3) is 2.57. The standard InChI is InChI=1S/C11H8BrN3O3/c12-6-3-7(5-14-4-6)18-10-9(13)8(11(16)17)1-2-15-10/h1-5H,13H2,(H,16,17). The molecule has 0 aromatic carbocycles. The van der Waals surface area contributed by atoms with Gasteiger partial charge < -0.3 is 15.6 Å². The summed E-state index contributed by atoms with van der Waals surface area (Å²) in [5.74, 6) is -0.687. The average Bonchev–Trinajstić information content (AvgIpc) is 2.31. The Balaban J connectivity index is 2.35. The summed E-state index contributed by atoms with van der Waals surface area (Å²) in [4.78, 5) is 18.7. The van der Waals surface area contributed by atoms with E-state index < -0.39 is 5.97 Å². The number of ether oxygens (including phenoxy) is 1. The molecule has 2 rings (SSSR count). The van der Waals surface area contributed by atoms with Crippen LogP contribution >= 0.6 is 15.9 Å². The van der Waals surface area contributed by atoms with Crippen LogP contribution in [0.1, 0.15) is 10.4 Å². The number of pyridine rings is 2. The molecule has 0 aliphatic heterocycles. The van der Waals surface area contributed by atoms with Crippen molar-refractivity contribution < 1.29 is 14.6 Å². The number of nitrogens with two attached hydrogens (primary N) is 1. The molecule has 0 fully saturated rings. The van der Waals surface area contributed by atoms with Crippen molar-refractivity contribution in [2.45, 2.75) is 0 Å². The first-order valence-corrected chi connectivity index (χ1v) is 5.63. The van der Waals surface area contributed by atoms with Crippen LogP contribution in [0.4, 0.5) is 5.69 Å². The largest absolute Gasteiger partial charge is 0.478 e. The van der Waals surface area contributed by atoms with Gasteiger partial charge in [-0.25, -0.2) is 9.78 Å². The Labute approximate surface area is 111 Å². The first-order valence-electron chi connectivity index (χ1n) is 4.84. The van der Waals surface area contributed by atoms with E-state index >= 15 is 0 Å². The predicted molar refractivity (Wildman–Crippen MR) is 67.6 cm³/mol. The summed E-state index contributed by atoms with van der Waals surface area (Å²) in [6, 6.07) is 2.98. The number of anilines is 1. The molecular weight excluding hydrogens is 302 g/mol. The summed E-state index contributed by atoms with van der Waals surface area (Å²) in [5, 5.41) is 8.92. The maximum Gasteiger partial charge on any atom is 0.338 e. The monoisotopic (exact) mass is 309 g/mol. The number of nitrogens with zero attached hydrogens (tertiary/aromatic N) is 2. The molecule has 2 aromatic rings. The summed E-state index contributed by atoms with van der Waals surface area (Å²) in [5.41, 5.74) is 5.59. The van der Waals surface area contributed by atoms with Crippen LogP contribution in [0.5, 0.6) is 11.6 Å². The normalized spacial score (nSPS) is 10.1. The van der Waals surface area contributed by atoms with Gasteiger partial charge in [0.25, 0.3) is 0 Å². The van der Waals surface area contributed by atoms with Gasteiger partial charge in [0.1, 0.15) is 11.4 Å². The summed E-state index contributed by atoms with van der Waals surface area (Å²) < 4.78 is 6.12. The van der Waals surface area contributed by atoms with Crippen LogP contribution < -0.4 is 10.5 Å². The second-order valence-corrected chi connectivity index (χ2v) is 4.24. The van der Waals surface area contributed by atoms with E-state index in [1.165, 1.54) is 18.5 Å². The minimum absolute atomic E-state index is 0.0232. The molecule has 7 heteroatoms. The molecule has 0 amide bonds. The Bertz CT molecular complexity index is 604. The van der Waals surface area contributed by atoms with E-state index in [2.05, 4.69) is 25.9 Å². The second-order valence-electron chi connectivity index (χ2n) is 3.32. The number of rotatable bonds is 3.